The molecule has 1 saturated heterocycles. The summed E-state index contributed by atoms with van der Waals surface area (Å²) in [5, 5.41) is 28.3. The molecule has 0 spiro atoms. The Bertz CT molecular complexity index is 339. The van der Waals surface area contributed by atoms with E-state index in [0.29, 0.717) is 0 Å². The van der Waals surface area contributed by atoms with Crippen molar-refractivity contribution >= 4 is 10.4 Å². The van der Waals surface area contributed by atoms with Crippen LogP contribution in [0.1, 0.15) is 0 Å². The van der Waals surface area contributed by atoms with Gasteiger partial charge in [0.05, 0.1) is 6.61 Å². The Balaban J connectivity index is 2.66. The first-order valence-electron chi connectivity index (χ1n) is 4.60. The highest BCUT2D eigenvalue weighted by Crippen LogP contribution is 2.22. The lowest BCUT2D eigenvalue weighted by molar-refractivity contribution is -0.293. The maximum atomic E-state index is 10.3. The second-order valence-corrected chi connectivity index (χ2v) is 4.55. The maximum absolute atomic E-state index is 10.3. The molecule has 1 aliphatic rings. The summed E-state index contributed by atoms with van der Waals surface area (Å²) in [6, 6.07) is 0. The number of rotatable bonds is 4. The van der Waals surface area contributed by atoms with Crippen molar-refractivity contribution in [3.63, 3.8) is 0 Å². The van der Waals surface area contributed by atoms with E-state index >= 15 is 0 Å². The van der Waals surface area contributed by atoms with Crippen molar-refractivity contribution in [2.24, 2.45) is 0 Å². The Morgan fingerprint density at radius 2 is 1.76 bits per heavy atom. The number of hydrogen-bond acceptors (Lipinski definition) is 8. The lowest BCUT2D eigenvalue weighted by Gasteiger charge is -2.39. The maximum Gasteiger partial charge on any atom is 0.397 e. The molecule has 1 fully saturated rings. The van der Waals surface area contributed by atoms with E-state index in [1.807, 2.05) is 0 Å². The Morgan fingerprint density at radius 1 is 1.18 bits per heavy atom. The third-order valence-electron chi connectivity index (χ3n) is 2.28. The highest BCUT2D eigenvalue weighted by atomic mass is 32.3. The third-order valence-corrected chi connectivity index (χ3v) is 2.72. The molecule has 4 N–H and O–H groups in total. The second-order valence-electron chi connectivity index (χ2n) is 3.46. The van der Waals surface area contributed by atoms with E-state index in [-0.39, 0.29) is 0 Å². The fourth-order valence-electron chi connectivity index (χ4n) is 1.40. The van der Waals surface area contributed by atoms with Crippen LogP contribution < -0.4 is 0 Å². The number of aliphatic hydroxyl groups excluding tert-OH is 3. The van der Waals surface area contributed by atoms with Crippen LogP contribution in [0.3, 0.4) is 0 Å². The van der Waals surface area contributed by atoms with Gasteiger partial charge in [0, 0.05) is 7.11 Å². The third kappa shape index (κ3) is 3.82. The van der Waals surface area contributed by atoms with Crippen molar-refractivity contribution in [3.8, 4) is 0 Å². The smallest absolute Gasteiger partial charge is 0.387 e. The van der Waals surface area contributed by atoms with Gasteiger partial charge in [-0.2, -0.15) is 8.42 Å². The first kappa shape index (κ1) is 14.7. The summed E-state index contributed by atoms with van der Waals surface area (Å²) in [4.78, 5) is 0. The predicted octanol–water partition coefficient (Wildman–Crippen LogP) is -2.74. The quantitative estimate of drug-likeness (QED) is 0.401. The first-order chi connectivity index (χ1) is 7.76. The zero-order valence-electron chi connectivity index (χ0n) is 8.83. The van der Waals surface area contributed by atoms with E-state index in [4.69, 9.17) is 9.29 Å². The summed E-state index contributed by atoms with van der Waals surface area (Å²) in [6.07, 6.45) is -7.12. The monoisotopic (exact) mass is 274 g/mol. The minimum absolute atomic E-state index is 0.719. The number of hydrogen-bond donors (Lipinski definition) is 4. The molecule has 9 nitrogen and oxygen atoms in total. The summed E-state index contributed by atoms with van der Waals surface area (Å²) in [5.41, 5.74) is 0. The van der Waals surface area contributed by atoms with Gasteiger partial charge in [0.25, 0.3) is 0 Å². The highest BCUT2D eigenvalue weighted by Gasteiger charge is 2.44. The molecule has 0 amide bonds. The second kappa shape index (κ2) is 5.54. The Labute approximate surface area is 97.5 Å². The molecule has 0 saturated carbocycles. The van der Waals surface area contributed by atoms with Gasteiger partial charge in [-0.05, 0) is 0 Å². The van der Waals surface area contributed by atoms with E-state index in [0.717, 1.165) is 0 Å². The van der Waals surface area contributed by atoms with Gasteiger partial charge >= 0.3 is 10.4 Å². The zero-order chi connectivity index (χ0) is 13.2. The molecule has 10 heteroatoms. The highest BCUT2D eigenvalue weighted by molar-refractivity contribution is 7.80. The molecule has 17 heavy (non-hydrogen) atoms. The Hall–Kier alpha value is -0.330. The van der Waals surface area contributed by atoms with Crippen molar-refractivity contribution in [1.29, 1.82) is 0 Å². The number of ether oxygens (including phenoxy) is 2. The minimum Gasteiger partial charge on any atom is -0.387 e. The van der Waals surface area contributed by atoms with Gasteiger partial charge in [0.1, 0.15) is 24.4 Å². The fourth-order valence-corrected chi connectivity index (χ4v) is 1.71. The van der Waals surface area contributed by atoms with Crippen LogP contribution in [0.4, 0.5) is 0 Å². The van der Waals surface area contributed by atoms with E-state index < -0.39 is 47.7 Å². The van der Waals surface area contributed by atoms with Gasteiger partial charge in [0.2, 0.25) is 0 Å². The topological polar surface area (TPSA) is 143 Å². The molecular weight excluding hydrogens is 260 g/mol. The normalized spacial score (nSPS) is 39.2. The predicted molar refractivity (Wildman–Crippen MR) is 51.2 cm³/mol. The molecule has 1 aliphatic heterocycles. The fraction of sp³-hybridized carbons (Fsp3) is 1.00. The average molecular weight is 274 g/mol. The van der Waals surface area contributed by atoms with Crippen molar-refractivity contribution in [3.05, 3.63) is 0 Å². The largest absolute Gasteiger partial charge is 0.397 e. The van der Waals surface area contributed by atoms with Crippen molar-refractivity contribution in [1.82, 2.24) is 0 Å². The molecule has 0 aromatic carbocycles. The molecule has 0 aromatic rings. The molecule has 1 heterocycles. The van der Waals surface area contributed by atoms with Gasteiger partial charge in [0.15, 0.2) is 6.29 Å². The van der Waals surface area contributed by atoms with Gasteiger partial charge in [-0.3, -0.25) is 4.55 Å². The van der Waals surface area contributed by atoms with Crippen molar-refractivity contribution in [2.75, 3.05) is 13.7 Å². The molecule has 102 valence electrons. The lowest BCUT2D eigenvalue weighted by Crippen LogP contribution is -2.59. The van der Waals surface area contributed by atoms with Crippen LogP contribution in [0, 0.1) is 0 Å². The van der Waals surface area contributed by atoms with Crippen LogP contribution >= 0.6 is 0 Å². The van der Waals surface area contributed by atoms with Crippen LogP contribution in [-0.4, -0.2) is 72.7 Å². The minimum atomic E-state index is -4.68. The molecule has 0 radical (unpaired) electrons. The van der Waals surface area contributed by atoms with Gasteiger partial charge in [-0.1, -0.05) is 0 Å². The molecule has 0 aromatic heterocycles. The standard InChI is InChI=1S/C7H14O9S/c1-14-7-6(10)5(9)4(8)3(16-7)2-15-17(11,12)13/h3-10H,2H2,1H3,(H,11,12,13)/t3-,4+,5+,6-,7+/m1/s1. The van der Waals surface area contributed by atoms with E-state index in [1.54, 1.807) is 0 Å². The van der Waals surface area contributed by atoms with Gasteiger partial charge in [-0.25, -0.2) is 4.18 Å². The molecule has 0 unspecified atom stereocenters. The van der Waals surface area contributed by atoms with Gasteiger partial charge in [-0.15, -0.1) is 0 Å². The summed E-state index contributed by atoms with van der Waals surface area (Å²) in [7, 11) is -3.48. The number of methoxy groups -OCH3 is 1. The Morgan fingerprint density at radius 3 is 2.24 bits per heavy atom. The summed E-state index contributed by atoms with van der Waals surface area (Å²) >= 11 is 0. The van der Waals surface area contributed by atoms with Crippen LogP contribution in [0.2, 0.25) is 0 Å². The Kier molecular flexibility index (Phi) is 4.80. The van der Waals surface area contributed by atoms with E-state index in [2.05, 4.69) is 8.92 Å². The zero-order valence-corrected chi connectivity index (χ0v) is 9.65. The lowest BCUT2D eigenvalue weighted by atomic mass is 9.99. The molecule has 0 bridgehead atoms. The van der Waals surface area contributed by atoms with Gasteiger partial charge < -0.3 is 24.8 Å². The average Bonchev–Trinajstić information content (AvgIpc) is 2.24. The van der Waals surface area contributed by atoms with Crippen LogP contribution in [0.25, 0.3) is 0 Å². The molecule has 0 aliphatic carbocycles. The summed E-state index contributed by atoms with van der Waals surface area (Å²) in [6.45, 7) is -0.719. The number of aliphatic hydroxyl groups is 3. The SMILES string of the molecule is CO[C@H]1O[C@H](COS(=O)(=O)O)[C@H](O)[C@H](O)[C@H]1O. The first-order valence-corrected chi connectivity index (χ1v) is 5.97. The molecule has 5 atom stereocenters. The molecular formula is C7H14O9S. The van der Waals surface area contributed by atoms with Crippen molar-refractivity contribution in [2.45, 2.75) is 30.7 Å². The summed E-state index contributed by atoms with van der Waals surface area (Å²) < 4.78 is 42.6. The van der Waals surface area contributed by atoms with Crippen LogP contribution in [-0.2, 0) is 24.1 Å². The van der Waals surface area contributed by atoms with Crippen molar-refractivity contribution < 1.29 is 41.9 Å². The molecule has 1 rings (SSSR count). The van der Waals surface area contributed by atoms with E-state index in [1.165, 1.54) is 7.11 Å². The van der Waals surface area contributed by atoms with E-state index in [9.17, 15) is 23.7 Å². The van der Waals surface area contributed by atoms with Crippen LogP contribution in [0.5, 0.6) is 0 Å². The summed E-state index contributed by atoms with van der Waals surface area (Å²) in [5.74, 6) is 0. The van der Waals surface area contributed by atoms with Crippen LogP contribution in [0.15, 0.2) is 0 Å².